The molecular weight excluding hydrogens is 384 g/mol. The number of piperidine rings is 1. The van der Waals surface area contributed by atoms with Gasteiger partial charge in [0, 0.05) is 31.2 Å². The fraction of sp³-hybridized carbons (Fsp3) is 0.696. The van der Waals surface area contributed by atoms with E-state index in [-0.39, 0.29) is 18.1 Å². The molecule has 7 heteroatoms. The summed E-state index contributed by atoms with van der Waals surface area (Å²) in [5.74, 6) is 1.15. The maximum atomic E-state index is 12.5. The molecule has 4 rings (SSSR count). The molecule has 1 N–H and O–H groups in total. The van der Waals surface area contributed by atoms with Gasteiger partial charge in [-0.2, -0.15) is 0 Å². The van der Waals surface area contributed by atoms with Crippen LogP contribution in [0, 0.1) is 0 Å². The molecule has 3 aliphatic rings. The topological polar surface area (TPSA) is 69.3 Å². The first-order chi connectivity index (χ1) is 14.7. The third-order valence-electron chi connectivity index (χ3n) is 6.41. The molecule has 1 unspecified atom stereocenters. The van der Waals surface area contributed by atoms with Crippen LogP contribution >= 0.6 is 0 Å². The third-order valence-corrected chi connectivity index (χ3v) is 6.41. The third kappa shape index (κ3) is 5.45. The van der Waals surface area contributed by atoms with Crippen molar-refractivity contribution in [2.45, 2.75) is 56.8 Å². The molecule has 1 amide bonds. The first-order valence-electron chi connectivity index (χ1n) is 11.3. The summed E-state index contributed by atoms with van der Waals surface area (Å²) < 4.78 is 22.7. The van der Waals surface area contributed by atoms with E-state index in [0.717, 1.165) is 32.0 Å². The number of benzene rings is 1. The zero-order chi connectivity index (χ0) is 20.8. The van der Waals surface area contributed by atoms with Crippen molar-refractivity contribution >= 4 is 5.91 Å². The van der Waals surface area contributed by atoms with Crippen molar-refractivity contribution in [3.8, 4) is 11.5 Å². The number of carbonyl (C=O) groups excluding carboxylic acids is 1. The van der Waals surface area contributed by atoms with E-state index in [0.29, 0.717) is 43.4 Å². The van der Waals surface area contributed by atoms with E-state index in [1.165, 1.54) is 25.7 Å². The van der Waals surface area contributed by atoms with Gasteiger partial charge < -0.3 is 29.2 Å². The van der Waals surface area contributed by atoms with Gasteiger partial charge in [-0.3, -0.25) is 4.79 Å². The normalized spacial score (nSPS) is 24.0. The quantitative estimate of drug-likeness (QED) is 0.734. The Balaban J connectivity index is 1.29. The number of nitrogens with zero attached hydrogens (tertiary/aromatic N) is 1. The van der Waals surface area contributed by atoms with Gasteiger partial charge in [0.15, 0.2) is 11.5 Å². The molecule has 2 aliphatic heterocycles. The van der Waals surface area contributed by atoms with E-state index >= 15 is 0 Å². The Morgan fingerprint density at radius 3 is 2.63 bits per heavy atom. The Morgan fingerprint density at radius 2 is 1.93 bits per heavy atom. The number of carbonyl (C=O) groups is 1. The van der Waals surface area contributed by atoms with Crippen molar-refractivity contribution < 1.29 is 23.7 Å². The second-order valence-electron chi connectivity index (χ2n) is 8.43. The maximum absolute atomic E-state index is 12.5. The van der Waals surface area contributed by atoms with Crippen LogP contribution in [0.1, 0.15) is 48.9 Å². The average Bonchev–Trinajstić information content (AvgIpc) is 3.34. The van der Waals surface area contributed by atoms with E-state index in [1.807, 2.05) is 6.07 Å². The van der Waals surface area contributed by atoms with Crippen molar-refractivity contribution in [2.75, 3.05) is 46.6 Å². The van der Waals surface area contributed by atoms with Gasteiger partial charge in [0.25, 0.3) is 5.91 Å². The highest BCUT2D eigenvalue weighted by Crippen LogP contribution is 2.32. The molecular formula is C23H34N2O5. The minimum atomic E-state index is -0.154. The van der Waals surface area contributed by atoms with Gasteiger partial charge in [0.1, 0.15) is 6.10 Å². The summed E-state index contributed by atoms with van der Waals surface area (Å²) in [6, 6.07) is 6.16. The molecule has 0 spiro atoms. The second-order valence-corrected chi connectivity index (χ2v) is 8.43. The lowest BCUT2D eigenvalue weighted by atomic mass is 10.0. The van der Waals surface area contributed by atoms with Crippen LogP contribution in [-0.4, -0.2) is 75.6 Å². The van der Waals surface area contributed by atoms with Gasteiger partial charge in [-0.05, 0) is 43.9 Å². The van der Waals surface area contributed by atoms with Crippen molar-refractivity contribution in [1.29, 1.82) is 0 Å². The van der Waals surface area contributed by atoms with E-state index in [1.54, 1.807) is 19.2 Å². The fourth-order valence-electron chi connectivity index (χ4n) is 4.68. The number of methoxy groups -OCH3 is 1. The first kappa shape index (κ1) is 21.4. The Morgan fingerprint density at radius 1 is 1.13 bits per heavy atom. The lowest BCUT2D eigenvalue weighted by Crippen LogP contribution is -2.43. The van der Waals surface area contributed by atoms with Crippen molar-refractivity contribution in [2.24, 2.45) is 0 Å². The molecule has 2 saturated heterocycles. The summed E-state index contributed by atoms with van der Waals surface area (Å²) in [7, 11) is 1.61. The number of rotatable bonds is 7. The zero-order valence-corrected chi connectivity index (χ0v) is 17.9. The minimum Gasteiger partial charge on any atom is -0.493 e. The highest BCUT2D eigenvalue weighted by atomic mass is 16.6. The molecule has 7 nitrogen and oxygen atoms in total. The molecule has 3 fully saturated rings. The first-order valence-corrected chi connectivity index (χ1v) is 11.3. The summed E-state index contributed by atoms with van der Waals surface area (Å²) >= 11 is 0. The van der Waals surface area contributed by atoms with Crippen LogP contribution in [0.25, 0.3) is 0 Å². The predicted octanol–water partition coefficient (Wildman–Crippen LogP) is 2.63. The molecule has 0 aromatic heterocycles. The van der Waals surface area contributed by atoms with Crippen molar-refractivity contribution in [3.05, 3.63) is 23.8 Å². The van der Waals surface area contributed by atoms with E-state index in [9.17, 15) is 4.79 Å². The second kappa shape index (κ2) is 10.5. The largest absolute Gasteiger partial charge is 0.493 e. The molecule has 1 aliphatic carbocycles. The molecule has 1 aromatic rings. The predicted molar refractivity (Wildman–Crippen MR) is 113 cm³/mol. The van der Waals surface area contributed by atoms with Gasteiger partial charge in [-0.15, -0.1) is 0 Å². The average molecular weight is 419 g/mol. The van der Waals surface area contributed by atoms with Gasteiger partial charge in [0.05, 0.1) is 33.0 Å². The standard InChI is InChI=1S/C23H34N2O5/c1-27-22-14-17(23(26)24-15-20-16-28-12-13-29-20)6-7-21(22)30-19-8-10-25(11-9-19)18-4-2-3-5-18/h6-7,14,18-20H,2-5,8-13,15-16H2,1H3,(H,24,26). The highest BCUT2D eigenvalue weighted by molar-refractivity contribution is 5.94. The number of hydrogen-bond donors (Lipinski definition) is 1. The summed E-state index contributed by atoms with van der Waals surface area (Å²) in [6.45, 7) is 4.33. The lowest BCUT2D eigenvalue weighted by molar-refractivity contribution is -0.0855. The summed E-state index contributed by atoms with van der Waals surface area (Å²) in [5.41, 5.74) is 0.548. The number of likely N-dealkylation sites (tertiary alicyclic amines) is 1. The molecule has 2 heterocycles. The molecule has 1 atom stereocenters. The molecule has 0 radical (unpaired) electrons. The van der Waals surface area contributed by atoms with Crippen LogP contribution in [-0.2, 0) is 9.47 Å². The smallest absolute Gasteiger partial charge is 0.251 e. The minimum absolute atomic E-state index is 0.0951. The SMILES string of the molecule is COc1cc(C(=O)NCC2COCCO2)ccc1OC1CCN(C2CCCC2)CC1. The fourth-order valence-corrected chi connectivity index (χ4v) is 4.68. The van der Waals surface area contributed by atoms with Gasteiger partial charge >= 0.3 is 0 Å². The Hall–Kier alpha value is -1.83. The van der Waals surface area contributed by atoms with Crippen LogP contribution in [0.5, 0.6) is 11.5 Å². The number of hydrogen-bond acceptors (Lipinski definition) is 6. The van der Waals surface area contributed by atoms with Gasteiger partial charge in [-0.1, -0.05) is 12.8 Å². The Bertz CT molecular complexity index is 693. The Labute approximate surface area is 179 Å². The summed E-state index contributed by atoms with van der Waals surface area (Å²) in [5, 5.41) is 2.91. The maximum Gasteiger partial charge on any atom is 0.251 e. The molecule has 0 bridgehead atoms. The highest BCUT2D eigenvalue weighted by Gasteiger charge is 2.28. The monoisotopic (exact) mass is 418 g/mol. The van der Waals surface area contributed by atoms with E-state index in [4.69, 9.17) is 18.9 Å². The van der Waals surface area contributed by atoms with E-state index in [2.05, 4.69) is 10.2 Å². The zero-order valence-electron chi connectivity index (χ0n) is 17.9. The van der Waals surface area contributed by atoms with Gasteiger partial charge in [0.2, 0.25) is 0 Å². The van der Waals surface area contributed by atoms with Crippen LogP contribution in [0.15, 0.2) is 18.2 Å². The van der Waals surface area contributed by atoms with Crippen LogP contribution in [0.3, 0.4) is 0 Å². The molecule has 30 heavy (non-hydrogen) atoms. The summed E-state index contributed by atoms with van der Waals surface area (Å²) in [4.78, 5) is 15.1. The number of nitrogens with one attached hydrogen (secondary N) is 1. The number of amides is 1. The van der Waals surface area contributed by atoms with Crippen LogP contribution in [0.4, 0.5) is 0 Å². The lowest BCUT2D eigenvalue weighted by Gasteiger charge is -2.36. The van der Waals surface area contributed by atoms with Crippen LogP contribution < -0.4 is 14.8 Å². The summed E-state index contributed by atoms with van der Waals surface area (Å²) in [6.07, 6.45) is 7.61. The number of ether oxygens (including phenoxy) is 4. The van der Waals surface area contributed by atoms with Crippen molar-refractivity contribution in [3.63, 3.8) is 0 Å². The molecule has 1 saturated carbocycles. The van der Waals surface area contributed by atoms with E-state index < -0.39 is 0 Å². The molecule has 1 aromatic carbocycles. The van der Waals surface area contributed by atoms with Crippen LogP contribution in [0.2, 0.25) is 0 Å². The van der Waals surface area contributed by atoms with Crippen molar-refractivity contribution in [1.82, 2.24) is 10.2 Å². The molecule has 166 valence electrons. The van der Waals surface area contributed by atoms with Gasteiger partial charge in [-0.25, -0.2) is 0 Å². The Kier molecular flexibility index (Phi) is 7.47.